The summed E-state index contributed by atoms with van der Waals surface area (Å²) in [6.45, 7) is 7.98. The summed E-state index contributed by atoms with van der Waals surface area (Å²) in [6, 6.07) is 21.8. The number of aromatic nitrogens is 2. The molecule has 0 saturated heterocycles. The molecule has 0 aliphatic rings. The number of pyridine rings is 1. The molecule has 0 aliphatic carbocycles. The molecule has 160 valence electrons. The van der Waals surface area contributed by atoms with Crippen LogP contribution in [0.4, 0.5) is 0 Å². The third-order valence-electron chi connectivity index (χ3n) is 5.29. The van der Waals surface area contributed by atoms with Gasteiger partial charge in [-0.2, -0.15) is 0 Å². The van der Waals surface area contributed by atoms with Gasteiger partial charge in [-0.05, 0) is 57.5 Å². The van der Waals surface area contributed by atoms with Crippen molar-refractivity contribution in [1.82, 2.24) is 14.9 Å². The molecule has 0 amide bonds. The van der Waals surface area contributed by atoms with Crippen LogP contribution in [0.5, 0.6) is 0 Å². The molecule has 4 aromatic rings. The predicted molar refractivity (Wildman–Crippen MR) is 126 cm³/mol. The van der Waals surface area contributed by atoms with E-state index >= 15 is 0 Å². The van der Waals surface area contributed by atoms with Crippen molar-refractivity contribution in [1.29, 1.82) is 0 Å². The van der Waals surface area contributed by atoms with E-state index in [1.165, 1.54) is 0 Å². The second kappa shape index (κ2) is 8.36. The van der Waals surface area contributed by atoms with Gasteiger partial charge in [0.1, 0.15) is 5.69 Å². The first-order chi connectivity index (χ1) is 14.8. The van der Waals surface area contributed by atoms with Gasteiger partial charge in [-0.25, -0.2) is 8.93 Å². The maximum atomic E-state index is 13.2. The molecule has 0 bridgehead atoms. The van der Waals surface area contributed by atoms with E-state index in [1.54, 1.807) is 6.20 Å². The van der Waals surface area contributed by atoms with Crippen LogP contribution in [0, 0.1) is 0 Å². The quantitative estimate of drug-likeness (QED) is 0.442. The summed E-state index contributed by atoms with van der Waals surface area (Å²) in [4.78, 5) is 4.53. The predicted octanol–water partition coefficient (Wildman–Crippen LogP) is 5.40. The SMILES string of the molecule is CC(C)(C)[S@](=O)N[C@@](C)(Cc1ccccn1)c1ccccc1-c1noc2ccccc12. The minimum atomic E-state index is -1.28. The Balaban J connectivity index is 1.87. The van der Waals surface area contributed by atoms with Crippen LogP contribution in [0.3, 0.4) is 0 Å². The Morgan fingerprint density at radius 1 is 0.935 bits per heavy atom. The zero-order valence-electron chi connectivity index (χ0n) is 18.3. The van der Waals surface area contributed by atoms with Gasteiger partial charge in [0.05, 0.1) is 21.3 Å². The molecule has 0 fully saturated rings. The number of para-hydroxylation sites is 1. The van der Waals surface area contributed by atoms with Crippen LogP contribution in [-0.2, 0) is 22.9 Å². The number of rotatable bonds is 6. The average molecular weight is 434 g/mol. The normalized spacial score (nSPS) is 15.0. The van der Waals surface area contributed by atoms with Crippen LogP contribution < -0.4 is 4.72 Å². The summed E-state index contributed by atoms with van der Waals surface area (Å²) in [5, 5.41) is 5.33. The number of nitrogens with zero attached hydrogens (tertiary/aromatic N) is 2. The van der Waals surface area contributed by atoms with Crippen molar-refractivity contribution in [3.05, 3.63) is 84.2 Å². The molecule has 2 aromatic heterocycles. The van der Waals surface area contributed by atoms with Gasteiger partial charge in [0, 0.05) is 29.3 Å². The highest BCUT2D eigenvalue weighted by Gasteiger charge is 2.35. The van der Waals surface area contributed by atoms with Crippen LogP contribution in [0.25, 0.3) is 22.2 Å². The van der Waals surface area contributed by atoms with Crippen LogP contribution in [0.1, 0.15) is 39.0 Å². The van der Waals surface area contributed by atoms with Crippen molar-refractivity contribution in [2.45, 2.75) is 44.4 Å². The fourth-order valence-corrected chi connectivity index (χ4v) is 4.56. The van der Waals surface area contributed by atoms with E-state index in [-0.39, 0.29) is 0 Å². The lowest BCUT2D eigenvalue weighted by atomic mass is 9.84. The fourth-order valence-electron chi connectivity index (χ4n) is 3.66. The Morgan fingerprint density at radius 3 is 2.39 bits per heavy atom. The molecule has 2 aromatic carbocycles. The van der Waals surface area contributed by atoms with Crippen LogP contribution in [0.15, 0.2) is 77.4 Å². The molecule has 2 heterocycles. The standard InChI is InChI=1S/C25H27N3O2S/c1-24(2,3)31(29)28-25(4,17-18-11-9-10-16-26-18)21-14-7-5-12-19(21)23-20-13-6-8-15-22(20)30-27-23/h5-16,28H,17H2,1-4H3/t25-,31-/m0/s1. The van der Waals surface area contributed by atoms with E-state index in [9.17, 15) is 4.21 Å². The molecule has 31 heavy (non-hydrogen) atoms. The van der Waals surface area contributed by atoms with Gasteiger partial charge < -0.3 is 4.52 Å². The molecule has 6 heteroatoms. The first-order valence-corrected chi connectivity index (χ1v) is 11.5. The monoisotopic (exact) mass is 433 g/mol. The zero-order chi connectivity index (χ0) is 22.1. The van der Waals surface area contributed by atoms with E-state index in [1.807, 2.05) is 81.4 Å². The van der Waals surface area contributed by atoms with Crippen LogP contribution in [-0.4, -0.2) is 19.1 Å². The Morgan fingerprint density at radius 2 is 1.65 bits per heavy atom. The van der Waals surface area contributed by atoms with E-state index in [2.05, 4.69) is 27.9 Å². The van der Waals surface area contributed by atoms with Crippen molar-refractivity contribution >= 4 is 22.0 Å². The smallest absolute Gasteiger partial charge is 0.167 e. The van der Waals surface area contributed by atoms with E-state index in [0.29, 0.717) is 6.42 Å². The molecule has 0 unspecified atom stereocenters. The molecule has 0 saturated carbocycles. The van der Waals surface area contributed by atoms with Crippen molar-refractivity contribution in [2.24, 2.45) is 0 Å². The highest BCUT2D eigenvalue weighted by molar-refractivity contribution is 7.84. The highest BCUT2D eigenvalue weighted by Crippen LogP contribution is 2.37. The second-order valence-corrected chi connectivity index (χ2v) is 10.9. The minimum Gasteiger partial charge on any atom is -0.356 e. The van der Waals surface area contributed by atoms with E-state index < -0.39 is 21.3 Å². The Labute approximate surface area is 185 Å². The largest absolute Gasteiger partial charge is 0.356 e. The van der Waals surface area contributed by atoms with E-state index in [4.69, 9.17) is 4.52 Å². The maximum Gasteiger partial charge on any atom is 0.167 e. The average Bonchev–Trinajstić information content (AvgIpc) is 3.18. The minimum absolute atomic E-state index is 0.416. The first-order valence-electron chi connectivity index (χ1n) is 10.3. The Kier molecular flexibility index (Phi) is 5.77. The zero-order valence-corrected chi connectivity index (χ0v) is 19.1. The summed E-state index contributed by atoms with van der Waals surface area (Å²) in [5.74, 6) is 0. The van der Waals surface area contributed by atoms with Gasteiger partial charge in [-0.3, -0.25) is 4.98 Å². The maximum absolute atomic E-state index is 13.2. The molecule has 2 atom stereocenters. The lowest BCUT2D eigenvalue weighted by Gasteiger charge is -2.35. The van der Waals surface area contributed by atoms with Gasteiger partial charge in [-0.1, -0.05) is 47.6 Å². The van der Waals surface area contributed by atoms with Gasteiger partial charge in [-0.15, -0.1) is 0 Å². The number of nitrogens with one attached hydrogen (secondary N) is 1. The lowest BCUT2D eigenvalue weighted by molar-refractivity contribution is 0.432. The summed E-state index contributed by atoms with van der Waals surface area (Å²) in [6.07, 6.45) is 2.36. The van der Waals surface area contributed by atoms with Gasteiger partial charge >= 0.3 is 0 Å². The molecular formula is C25H27N3O2S. The molecule has 0 radical (unpaired) electrons. The molecule has 5 nitrogen and oxygen atoms in total. The van der Waals surface area contributed by atoms with E-state index in [0.717, 1.165) is 33.5 Å². The number of hydrogen-bond donors (Lipinski definition) is 1. The summed E-state index contributed by atoms with van der Waals surface area (Å²) in [7, 11) is -1.28. The van der Waals surface area contributed by atoms with Gasteiger partial charge in [0.15, 0.2) is 5.58 Å². The van der Waals surface area contributed by atoms with Crippen molar-refractivity contribution < 1.29 is 8.73 Å². The molecule has 0 spiro atoms. The molecule has 1 N–H and O–H groups in total. The first kappa shape index (κ1) is 21.4. The third kappa shape index (κ3) is 4.45. The summed E-state index contributed by atoms with van der Waals surface area (Å²) >= 11 is 0. The van der Waals surface area contributed by atoms with Gasteiger partial charge in [0.2, 0.25) is 0 Å². The number of hydrogen-bond acceptors (Lipinski definition) is 4. The van der Waals surface area contributed by atoms with Crippen molar-refractivity contribution in [3.8, 4) is 11.3 Å². The van der Waals surface area contributed by atoms with Crippen LogP contribution in [0.2, 0.25) is 0 Å². The number of fused-ring (bicyclic) bond motifs is 1. The molecule has 0 aliphatic heterocycles. The highest BCUT2D eigenvalue weighted by atomic mass is 32.2. The fraction of sp³-hybridized carbons (Fsp3) is 0.280. The topological polar surface area (TPSA) is 68.0 Å². The lowest BCUT2D eigenvalue weighted by Crippen LogP contribution is -2.48. The summed E-state index contributed by atoms with van der Waals surface area (Å²) < 4.78 is 21.8. The van der Waals surface area contributed by atoms with Crippen molar-refractivity contribution in [3.63, 3.8) is 0 Å². The number of benzene rings is 2. The van der Waals surface area contributed by atoms with Crippen LogP contribution >= 0.6 is 0 Å². The Hall–Kier alpha value is -2.83. The van der Waals surface area contributed by atoms with Gasteiger partial charge in [0.25, 0.3) is 0 Å². The van der Waals surface area contributed by atoms with Crippen molar-refractivity contribution in [2.75, 3.05) is 0 Å². The second-order valence-electron chi connectivity index (χ2n) is 8.89. The molecular weight excluding hydrogens is 406 g/mol. The third-order valence-corrected chi connectivity index (χ3v) is 7.04. The Bertz CT molecular complexity index is 1210. The molecule has 4 rings (SSSR count). The summed E-state index contributed by atoms with van der Waals surface area (Å²) in [5.41, 5.74) is 3.74.